The fraction of sp³-hybridized carbons (Fsp3) is 0.400. The number of rotatable bonds is 1. The van der Waals surface area contributed by atoms with Crippen molar-refractivity contribution in [1.29, 1.82) is 0 Å². The predicted molar refractivity (Wildman–Crippen MR) is 61.7 cm³/mol. The van der Waals surface area contributed by atoms with Gasteiger partial charge in [0.05, 0.1) is 22.8 Å². The first-order chi connectivity index (χ1) is 7.06. The maximum absolute atomic E-state index is 11.1. The molecule has 0 radical (unpaired) electrons. The summed E-state index contributed by atoms with van der Waals surface area (Å²) in [6.07, 6.45) is 0. The molecule has 5 heteroatoms. The maximum atomic E-state index is 11.1. The minimum atomic E-state index is -0.565. The largest absolute Gasteiger partial charge is 0.464 e. The Balaban J connectivity index is 0.000000921. The zero-order valence-electron chi connectivity index (χ0n) is 9.10. The summed E-state index contributed by atoms with van der Waals surface area (Å²) in [5.74, 6) is -0.565. The van der Waals surface area contributed by atoms with E-state index < -0.39 is 5.97 Å². The number of nitrogens with zero attached hydrogens (tertiary/aromatic N) is 1. The van der Waals surface area contributed by atoms with Crippen LogP contribution in [0.5, 0.6) is 0 Å². The molecule has 1 rings (SSSR count). The highest BCUT2D eigenvalue weighted by atomic mass is 35.5. The molecule has 0 aliphatic rings. The van der Waals surface area contributed by atoms with Crippen LogP contribution in [0.3, 0.4) is 0 Å². The third-order valence-corrected chi connectivity index (χ3v) is 2.15. The first kappa shape index (κ1) is 14.2. The van der Waals surface area contributed by atoms with E-state index in [0.717, 1.165) is 0 Å². The molecule has 1 aromatic heterocycles. The van der Waals surface area contributed by atoms with Crippen LogP contribution >= 0.6 is 23.2 Å². The number of methoxy groups -OCH3 is 1. The fourth-order valence-corrected chi connectivity index (χ4v) is 1.23. The van der Waals surface area contributed by atoms with E-state index in [1.807, 2.05) is 13.8 Å². The Bertz CT molecular complexity index is 354. The highest BCUT2D eigenvalue weighted by molar-refractivity contribution is 6.36. The Morgan fingerprint density at radius 2 is 1.87 bits per heavy atom. The molecule has 0 N–H and O–H groups in total. The molecule has 0 spiro atoms. The zero-order valence-corrected chi connectivity index (χ0v) is 10.6. The van der Waals surface area contributed by atoms with Crippen LogP contribution in [-0.4, -0.2) is 18.1 Å². The number of carbonyl (C=O) groups is 1. The molecule has 0 amide bonds. The van der Waals surface area contributed by atoms with E-state index in [1.165, 1.54) is 13.2 Å². The van der Waals surface area contributed by atoms with E-state index >= 15 is 0 Å². The summed E-state index contributed by atoms with van der Waals surface area (Å²) in [4.78, 5) is 15.0. The lowest BCUT2D eigenvalue weighted by Crippen LogP contribution is -2.06. The van der Waals surface area contributed by atoms with E-state index in [-0.39, 0.29) is 10.7 Å². The summed E-state index contributed by atoms with van der Waals surface area (Å²) < 4.78 is 4.48. The van der Waals surface area contributed by atoms with Gasteiger partial charge < -0.3 is 4.74 Å². The molecule has 0 aliphatic heterocycles. The number of halogens is 2. The van der Waals surface area contributed by atoms with E-state index in [2.05, 4.69) is 9.72 Å². The molecule has 0 saturated carbocycles. The van der Waals surface area contributed by atoms with Gasteiger partial charge in [-0.3, -0.25) is 0 Å². The molecule has 0 unspecified atom stereocenters. The third-order valence-electron chi connectivity index (χ3n) is 1.48. The van der Waals surface area contributed by atoms with Gasteiger partial charge in [-0.05, 0) is 13.0 Å². The second-order valence-corrected chi connectivity index (χ2v) is 3.19. The Morgan fingerprint density at radius 3 is 2.33 bits per heavy atom. The molecule has 15 heavy (non-hydrogen) atoms. The normalized spacial score (nSPS) is 8.93. The van der Waals surface area contributed by atoms with Gasteiger partial charge in [0.15, 0.2) is 5.69 Å². The number of ether oxygens (including phenoxy) is 1. The van der Waals surface area contributed by atoms with Gasteiger partial charge in [0, 0.05) is 0 Å². The molecular weight excluding hydrogens is 237 g/mol. The van der Waals surface area contributed by atoms with E-state index in [0.29, 0.717) is 10.7 Å². The molecule has 0 aliphatic carbocycles. The number of hydrogen-bond acceptors (Lipinski definition) is 3. The van der Waals surface area contributed by atoms with Crippen molar-refractivity contribution < 1.29 is 9.53 Å². The first-order valence-corrected chi connectivity index (χ1v) is 5.22. The number of esters is 1. The Morgan fingerprint density at radius 1 is 1.33 bits per heavy atom. The SMILES string of the molecule is CC.COC(=O)c1nc(C)c(Cl)cc1Cl. The van der Waals surface area contributed by atoms with Crippen LogP contribution in [0.2, 0.25) is 10.0 Å². The molecule has 84 valence electrons. The van der Waals surface area contributed by atoms with Gasteiger partial charge in [-0.25, -0.2) is 9.78 Å². The highest BCUT2D eigenvalue weighted by Gasteiger charge is 2.14. The zero-order chi connectivity index (χ0) is 12.0. The van der Waals surface area contributed by atoms with Crippen molar-refractivity contribution >= 4 is 29.2 Å². The van der Waals surface area contributed by atoms with Gasteiger partial charge in [-0.1, -0.05) is 37.0 Å². The van der Waals surface area contributed by atoms with Crippen LogP contribution in [0.15, 0.2) is 6.07 Å². The summed E-state index contributed by atoms with van der Waals surface area (Å²) in [5.41, 5.74) is 0.637. The van der Waals surface area contributed by atoms with Crippen molar-refractivity contribution in [2.75, 3.05) is 7.11 Å². The summed E-state index contributed by atoms with van der Waals surface area (Å²) in [6, 6.07) is 1.47. The number of aryl methyl sites for hydroxylation is 1. The topological polar surface area (TPSA) is 39.2 Å². The lowest BCUT2D eigenvalue weighted by Gasteiger charge is -2.03. The lowest BCUT2D eigenvalue weighted by atomic mass is 10.3. The van der Waals surface area contributed by atoms with Gasteiger partial charge >= 0.3 is 5.97 Å². The first-order valence-electron chi connectivity index (χ1n) is 4.47. The van der Waals surface area contributed by atoms with Crippen molar-refractivity contribution in [2.24, 2.45) is 0 Å². The summed E-state index contributed by atoms with van der Waals surface area (Å²) in [6.45, 7) is 5.69. The van der Waals surface area contributed by atoms with Crippen LogP contribution in [-0.2, 0) is 4.74 Å². The maximum Gasteiger partial charge on any atom is 0.358 e. The lowest BCUT2D eigenvalue weighted by molar-refractivity contribution is 0.0594. The molecule has 0 aromatic carbocycles. The molecule has 1 aromatic rings. The summed E-state index contributed by atoms with van der Waals surface area (Å²) in [7, 11) is 1.27. The molecule has 0 bridgehead atoms. The van der Waals surface area contributed by atoms with Crippen molar-refractivity contribution in [2.45, 2.75) is 20.8 Å². The molecule has 0 saturated heterocycles. The van der Waals surface area contributed by atoms with E-state index in [9.17, 15) is 4.79 Å². The second-order valence-electron chi connectivity index (χ2n) is 2.38. The Labute approximate surface area is 99.4 Å². The third kappa shape index (κ3) is 3.68. The second kappa shape index (κ2) is 6.64. The Hall–Kier alpha value is -0.800. The average Bonchev–Trinajstić information content (AvgIpc) is 2.25. The van der Waals surface area contributed by atoms with Gasteiger partial charge in [0.2, 0.25) is 0 Å². The van der Waals surface area contributed by atoms with Gasteiger partial charge in [-0.2, -0.15) is 0 Å². The van der Waals surface area contributed by atoms with Crippen LogP contribution in [0.4, 0.5) is 0 Å². The van der Waals surface area contributed by atoms with E-state index in [1.54, 1.807) is 6.92 Å². The van der Waals surface area contributed by atoms with Crippen molar-refractivity contribution in [3.8, 4) is 0 Å². The monoisotopic (exact) mass is 249 g/mol. The number of carbonyl (C=O) groups excluding carboxylic acids is 1. The van der Waals surface area contributed by atoms with Gasteiger partial charge in [0.1, 0.15) is 0 Å². The summed E-state index contributed by atoms with van der Waals surface area (Å²) >= 11 is 11.5. The Kier molecular flexibility index (Phi) is 6.29. The smallest absolute Gasteiger partial charge is 0.358 e. The molecule has 3 nitrogen and oxygen atoms in total. The quantitative estimate of drug-likeness (QED) is 0.716. The highest BCUT2D eigenvalue weighted by Crippen LogP contribution is 2.22. The average molecular weight is 250 g/mol. The minimum Gasteiger partial charge on any atom is -0.464 e. The van der Waals surface area contributed by atoms with E-state index in [4.69, 9.17) is 23.2 Å². The van der Waals surface area contributed by atoms with Gasteiger partial charge in [-0.15, -0.1) is 0 Å². The summed E-state index contributed by atoms with van der Waals surface area (Å²) in [5, 5.41) is 0.625. The van der Waals surface area contributed by atoms with Gasteiger partial charge in [0.25, 0.3) is 0 Å². The van der Waals surface area contributed by atoms with Crippen LogP contribution in [0.1, 0.15) is 30.0 Å². The fourth-order valence-electron chi connectivity index (χ4n) is 0.798. The molecule has 0 fully saturated rings. The number of pyridine rings is 1. The number of aromatic nitrogens is 1. The molecule has 1 heterocycles. The van der Waals surface area contributed by atoms with Crippen LogP contribution < -0.4 is 0 Å². The van der Waals surface area contributed by atoms with Crippen molar-refractivity contribution in [3.63, 3.8) is 0 Å². The van der Waals surface area contributed by atoms with Crippen LogP contribution in [0.25, 0.3) is 0 Å². The standard InChI is InChI=1S/C8H7Cl2NO2.C2H6/c1-4-5(9)3-6(10)7(11-4)8(12)13-2;1-2/h3H,1-2H3;1-2H3. The molecular formula is C10H13Cl2NO2. The predicted octanol–water partition coefficient (Wildman–Crippen LogP) is 3.51. The minimum absolute atomic E-state index is 0.0890. The van der Waals surface area contributed by atoms with Crippen molar-refractivity contribution in [1.82, 2.24) is 4.98 Å². The molecule has 0 atom stereocenters. The van der Waals surface area contributed by atoms with Crippen LogP contribution in [0, 0.1) is 6.92 Å². The van der Waals surface area contributed by atoms with Crippen molar-refractivity contribution in [3.05, 3.63) is 27.5 Å². The number of hydrogen-bond donors (Lipinski definition) is 0.